The van der Waals surface area contributed by atoms with Crippen LogP contribution < -0.4 is 4.74 Å². The minimum absolute atomic E-state index is 0.183. The van der Waals surface area contributed by atoms with Gasteiger partial charge in [-0.25, -0.2) is 0 Å². The second kappa shape index (κ2) is 7.57. The van der Waals surface area contributed by atoms with Gasteiger partial charge in [0, 0.05) is 17.7 Å². The molecule has 1 aromatic carbocycles. The van der Waals surface area contributed by atoms with Crippen LogP contribution in [-0.2, 0) is 11.2 Å². The van der Waals surface area contributed by atoms with E-state index in [0.717, 1.165) is 23.2 Å². The van der Waals surface area contributed by atoms with Gasteiger partial charge in [-0.15, -0.1) is 0 Å². The number of hydrogen-bond acceptors (Lipinski definition) is 2. The molecule has 1 aromatic rings. The number of carbonyl (C=O) groups excluding carboxylic acids is 1. The van der Waals surface area contributed by atoms with Gasteiger partial charge in [0.2, 0.25) is 0 Å². The Kier molecular flexibility index (Phi) is 6.41. The Morgan fingerprint density at radius 3 is 2.33 bits per heavy atom. The molecule has 0 fully saturated rings. The Morgan fingerprint density at radius 1 is 1.28 bits per heavy atom. The van der Waals surface area contributed by atoms with Crippen LogP contribution in [0, 0.1) is 11.8 Å². The van der Waals surface area contributed by atoms with E-state index >= 15 is 0 Å². The number of carbonyl (C=O) groups is 1. The molecular formula is C15H21BrO2. The van der Waals surface area contributed by atoms with Crippen LogP contribution in [0.1, 0.15) is 26.3 Å². The molecule has 0 aliphatic heterocycles. The standard InChI is InChI=1S/C15H21BrO2/c1-11(2)14(9-16)10-18-15-6-4-13(5-7-15)8-12(3)17/h4-7,11,14H,8-10H2,1-3H3. The number of hydrogen-bond donors (Lipinski definition) is 0. The molecule has 0 bridgehead atoms. The average Bonchev–Trinajstić information content (AvgIpc) is 2.31. The van der Waals surface area contributed by atoms with Crippen LogP contribution in [0.25, 0.3) is 0 Å². The van der Waals surface area contributed by atoms with E-state index in [9.17, 15) is 4.79 Å². The highest BCUT2D eigenvalue weighted by atomic mass is 79.9. The summed E-state index contributed by atoms with van der Waals surface area (Å²) in [6.07, 6.45) is 0.496. The summed E-state index contributed by atoms with van der Waals surface area (Å²) >= 11 is 3.51. The lowest BCUT2D eigenvalue weighted by molar-refractivity contribution is -0.116. The zero-order chi connectivity index (χ0) is 13.5. The van der Waals surface area contributed by atoms with Gasteiger partial charge in [0.15, 0.2) is 0 Å². The van der Waals surface area contributed by atoms with Gasteiger partial charge in [-0.3, -0.25) is 4.79 Å². The molecular weight excluding hydrogens is 292 g/mol. The van der Waals surface area contributed by atoms with Crippen molar-refractivity contribution < 1.29 is 9.53 Å². The molecule has 0 heterocycles. The van der Waals surface area contributed by atoms with E-state index in [0.29, 0.717) is 18.3 Å². The summed E-state index contributed by atoms with van der Waals surface area (Å²) in [4.78, 5) is 11.0. The van der Waals surface area contributed by atoms with Crippen LogP contribution in [0.3, 0.4) is 0 Å². The topological polar surface area (TPSA) is 26.3 Å². The maximum Gasteiger partial charge on any atom is 0.134 e. The van der Waals surface area contributed by atoms with Crippen molar-refractivity contribution in [3.63, 3.8) is 0 Å². The second-order valence-electron chi connectivity index (χ2n) is 4.99. The molecule has 0 aliphatic rings. The first-order chi connectivity index (χ1) is 8.52. The molecule has 2 nitrogen and oxygen atoms in total. The van der Waals surface area contributed by atoms with Crippen molar-refractivity contribution in [3.05, 3.63) is 29.8 Å². The lowest BCUT2D eigenvalue weighted by Crippen LogP contribution is -2.19. The van der Waals surface area contributed by atoms with E-state index in [4.69, 9.17) is 4.74 Å². The SMILES string of the molecule is CC(=O)Cc1ccc(OCC(CBr)C(C)C)cc1. The van der Waals surface area contributed by atoms with E-state index in [2.05, 4.69) is 29.8 Å². The van der Waals surface area contributed by atoms with E-state index in [1.165, 1.54) is 0 Å². The van der Waals surface area contributed by atoms with Crippen LogP contribution in [0.2, 0.25) is 0 Å². The number of alkyl halides is 1. The lowest BCUT2D eigenvalue weighted by atomic mass is 9.99. The molecule has 0 spiro atoms. The smallest absolute Gasteiger partial charge is 0.134 e. The van der Waals surface area contributed by atoms with Gasteiger partial charge in [0.05, 0.1) is 6.61 Å². The summed E-state index contributed by atoms with van der Waals surface area (Å²) in [5.74, 6) is 2.17. The summed E-state index contributed by atoms with van der Waals surface area (Å²) in [7, 11) is 0. The van der Waals surface area contributed by atoms with Crippen LogP contribution in [0.4, 0.5) is 0 Å². The molecule has 1 atom stereocenters. The third kappa shape index (κ3) is 5.21. The Hall–Kier alpha value is -0.830. The predicted molar refractivity (Wildman–Crippen MR) is 78.4 cm³/mol. The van der Waals surface area contributed by atoms with Gasteiger partial charge in [-0.2, -0.15) is 0 Å². The molecule has 0 amide bonds. The Balaban J connectivity index is 2.50. The normalized spacial score (nSPS) is 12.5. The predicted octanol–water partition coefficient (Wildman–Crippen LogP) is 3.86. The van der Waals surface area contributed by atoms with Gasteiger partial charge in [-0.05, 0) is 30.5 Å². The number of Topliss-reactive ketones (excluding diaryl/α,β-unsaturated/α-hetero) is 1. The first kappa shape index (κ1) is 15.2. The summed E-state index contributed by atoms with van der Waals surface area (Å²) in [5.41, 5.74) is 1.04. The number of ketones is 1. The van der Waals surface area contributed by atoms with Gasteiger partial charge in [0.1, 0.15) is 11.5 Å². The van der Waals surface area contributed by atoms with Crippen molar-refractivity contribution in [2.75, 3.05) is 11.9 Å². The molecule has 0 N–H and O–H groups in total. The van der Waals surface area contributed by atoms with Crippen LogP contribution in [-0.4, -0.2) is 17.7 Å². The summed E-state index contributed by atoms with van der Waals surface area (Å²) in [6, 6.07) is 7.78. The molecule has 18 heavy (non-hydrogen) atoms. The van der Waals surface area contributed by atoms with Crippen molar-refractivity contribution in [2.45, 2.75) is 27.2 Å². The van der Waals surface area contributed by atoms with Crippen LogP contribution >= 0.6 is 15.9 Å². The third-order valence-electron chi connectivity index (χ3n) is 2.98. The van der Waals surface area contributed by atoms with E-state index in [-0.39, 0.29) is 5.78 Å². The van der Waals surface area contributed by atoms with Crippen LogP contribution in [0.5, 0.6) is 5.75 Å². The van der Waals surface area contributed by atoms with Gasteiger partial charge in [-0.1, -0.05) is 41.9 Å². The Morgan fingerprint density at radius 2 is 1.89 bits per heavy atom. The van der Waals surface area contributed by atoms with Gasteiger partial charge in [0.25, 0.3) is 0 Å². The molecule has 100 valence electrons. The average molecular weight is 313 g/mol. The molecule has 0 aliphatic carbocycles. The molecule has 0 radical (unpaired) electrons. The van der Waals surface area contributed by atoms with Crippen molar-refractivity contribution in [1.29, 1.82) is 0 Å². The monoisotopic (exact) mass is 312 g/mol. The van der Waals surface area contributed by atoms with Crippen molar-refractivity contribution >= 4 is 21.7 Å². The molecule has 3 heteroatoms. The molecule has 1 rings (SSSR count). The Labute approximate surface area is 118 Å². The van der Waals surface area contributed by atoms with Crippen LogP contribution in [0.15, 0.2) is 24.3 Å². The zero-order valence-electron chi connectivity index (χ0n) is 11.3. The highest BCUT2D eigenvalue weighted by Crippen LogP contribution is 2.18. The summed E-state index contributed by atoms with van der Waals surface area (Å²) in [6.45, 7) is 6.72. The summed E-state index contributed by atoms with van der Waals surface area (Å²) < 4.78 is 5.77. The lowest BCUT2D eigenvalue weighted by Gasteiger charge is -2.18. The van der Waals surface area contributed by atoms with Crippen molar-refractivity contribution in [2.24, 2.45) is 11.8 Å². The number of ether oxygens (including phenoxy) is 1. The second-order valence-corrected chi connectivity index (χ2v) is 5.64. The maximum absolute atomic E-state index is 11.0. The first-order valence-electron chi connectivity index (χ1n) is 6.30. The third-order valence-corrected chi connectivity index (χ3v) is 3.81. The number of halogens is 1. The van der Waals surface area contributed by atoms with Gasteiger partial charge < -0.3 is 4.74 Å². The van der Waals surface area contributed by atoms with Crippen molar-refractivity contribution in [1.82, 2.24) is 0 Å². The summed E-state index contributed by atoms with van der Waals surface area (Å²) in [5, 5.41) is 0.951. The van der Waals surface area contributed by atoms with Gasteiger partial charge >= 0.3 is 0 Å². The molecule has 0 saturated carbocycles. The van der Waals surface area contributed by atoms with Crippen molar-refractivity contribution in [3.8, 4) is 5.75 Å². The first-order valence-corrected chi connectivity index (χ1v) is 7.42. The highest BCUT2D eigenvalue weighted by molar-refractivity contribution is 9.09. The fourth-order valence-corrected chi connectivity index (χ4v) is 2.54. The maximum atomic E-state index is 11.0. The highest BCUT2D eigenvalue weighted by Gasteiger charge is 2.12. The molecule has 1 unspecified atom stereocenters. The molecule has 0 aromatic heterocycles. The molecule has 0 saturated heterocycles. The minimum atomic E-state index is 0.183. The quantitative estimate of drug-likeness (QED) is 0.715. The fourth-order valence-electron chi connectivity index (χ4n) is 1.61. The van der Waals surface area contributed by atoms with E-state index in [1.54, 1.807) is 6.92 Å². The fraction of sp³-hybridized carbons (Fsp3) is 0.533. The minimum Gasteiger partial charge on any atom is -0.493 e. The van der Waals surface area contributed by atoms with E-state index in [1.807, 2.05) is 24.3 Å². The number of rotatable bonds is 7. The van der Waals surface area contributed by atoms with E-state index < -0.39 is 0 Å². The number of benzene rings is 1. The Bertz CT molecular complexity index is 371. The largest absolute Gasteiger partial charge is 0.493 e. The zero-order valence-corrected chi connectivity index (χ0v) is 12.9.